The number of imide groups is 1. The lowest BCUT2D eigenvalue weighted by Crippen LogP contribution is -2.49. The van der Waals surface area contributed by atoms with Crippen molar-refractivity contribution in [2.75, 3.05) is 25.0 Å². The Hall–Kier alpha value is -4.13. The van der Waals surface area contributed by atoms with E-state index in [-0.39, 0.29) is 24.4 Å². The fourth-order valence-electron chi connectivity index (χ4n) is 5.67. The van der Waals surface area contributed by atoms with E-state index >= 15 is 0 Å². The molecule has 4 amide bonds. The van der Waals surface area contributed by atoms with Crippen LogP contribution in [0.25, 0.3) is 0 Å². The number of likely N-dealkylation sites (N-methyl/N-ethyl adjacent to an activating group) is 1. The summed E-state index contributed by atoms with van der Waals surface area (Å²) in [6.45, 7) is 2.31. The van der Waals surface area contributed by atoms with Crippen LogP contribution in [0.2, 0.25) is 0 Å². The van der Waals surface area contributed by atoms with Crippen molar-refractivity contribution in [2.45, 2.75) is 44.2 Å². The minimum Gasteiger partial charge on any atom is -0.373 e. The van der Waals surface area contributed by atoms with Crippen LogP contribution in [-0.4, -0.2) is 48.9 Å². The summed E-state index contributed by atoms with van der Waals surface area (Å²) in [4.78, 5) is 43.0. The van der Waals surface area contributed by atoms with E-state index in [9.17, 15) is 14.4 Å². The third-order valence-electron chi connectivity index (χ3n) is 7.61. The third kappa shape index (κ3) is 5.14. The molecule has 38 heavy (non-hydrogen) atoms. The number of rotatable bonds is 8. The molecule has 0 bridgehead atoms. The first kappa shape index (κ1) is 25.5. The molecule has 0 saturated carbocycles. The highest BCUT2D eigenvalue weighted by Gasteiger charge is 2.54. The summed E-state index contributed by atoms with van der Waals surface area (Å²) in [6, 6.07) is 25.3. The van der Waals surface area contributed by atoms with Crippen molar-refractivity contribution in [2.24, 2.45) is 0 Å². The van der Waals surface area contributed by atoms with Gasteiger partial charge in [0.15, 0.2) is 0 Å². The van der Waals surface area contributed by atoms with Gasteiger partial charge in [0, 0.05) is 19.3 Å². The zero-order valence-electron chi connectivity index (χ0n) is 21.9. The minimum atomic E-state index is -1.08. The second kappa shape index (κ2) is 10.7. The van der Waals surface area contributed by atoms with Crippen molar-refractivity contribution in [3.63, 3.8) is 0 Å². The number of urea groups is 1. The molecule has 196 valence electrons. The van der Waals surface area contributed by atoms with Gasteiger partial charge in [-0.25, -0.2) is 4.79 Å². The molecule has 2 atom stereocenters. The number of fused-ring (bicyclic) bond motifs is 2. The first-order valence-corrected chi connectivity index (χ1v) is 13.2. The van der Waals surface area contributed by atoms with Crippen LogP contribution in [0.5, 0.6) is 0 Å². The molecule has 1 fully saturated rings. The predicted molar refractivity (Wildman–Crippen MR) is 148 cm³/mol. The summed E-state index contributed by atoms with van der Waals surface area (Å²) in [7, 11) is 2.00. The number of aryl methyl sites for hydroxylation is 2. The lowest BCUT2D eigenvalue weighted by Gasteiger charge is -2.33. The Morgan fingerprint density at radius 1 is 1.03 bits per heavy atom. The van der Waals surface area contributed by atoms with E-state index in [0.717, 1.165) is 40.1 Å². The van der Waals surface area contributed by atoms with Gasteiger partial charge in [-0.3, -0.25) is 14.5 Å². The minimum absolute atomic E-state index is 0.221. The highest BCUT2D eigenvalue weighted by atomic mass is 16.2. The van der Waals surface area contributed by atoms with Crippen molar-refractivity contribution in [3.8, 4) is 0 Å². The van der Waals surface area contributed by atoms with Gasteiger partial charge in [0.25, 0.3) is 5.91 Å². The third-order valence-corrected chi connectivity index (χ3v) is 7.61. The van der Waals surface area contributed by atoms with Crippen LogP contribution >= 0.6 is 0 Å². The molecule has 3 aromatic carbocycles. The smallest absolute Gasteiger partial charge is 0.325 e. The van der Waals surface area contributed by atoms with E-state index in [1.807, 2.05) is 68.6 Å². The van der Waals surface area contributed by atoms with Gasteiger partial charge in [-0.1, -0.05) is 72.3 Å². The maximum atomic E-state index is 13.6. The normalized spacial score (nSPS) is 19.2. The van der Waals surface area contributed by atoms with Crippen molar-refractivity contribution in [3.05, 3.63) is 101 Å². The van der Waals surface area contributed by atoms with E-state index in [0.29, 0.717) is 19.4 Å². The number of carbonyl (C=O) groups excluding carboxylic acids is 3. The molecular formula is C31H34N4O3. The van der Waals surface area contributed by atoms with Gasteiger partial charge < -0.3 is 15.5 Å². The van der Waals surface area contributed by atoms with Crippen molar-refractivity contribution >= 4 is 23.5 Å². The maximum absolute atomic E-state index is 13.6. The average Bonchev–Trinajstić information content (AvgIpc) is 3.14. The fourth-order valence-corrected chi connectivity index (χ4v) is 5.67. The van der Waals surface area contributed by atoms with Crippen LogP contribution < -0.4 is 15.5 Å². The molecule has 1 unspecified atom stereocenters. The van der Waals surface area contributed by atoms with Gasteiger partial charge >= 0.3 is 6.03 Å². The molecule has 1 aliphatic carbocycles. The number of nitrogens with zero attached hydrogens (tertiary/aromatic N) is 2. The topological polar surface area (TPSA) is 81.8 Å². The largest absolute Gasteiger partial charge is 0.373 e. The van der Waals surface area contributed by atoms with Gasteiger partial charge in [-0.2, -0.15) is 0 Å². The molecule has 0 radical (unpaired) electrons. The summed E-state index contributed by atoms with van der Waals surface area (Å²) in [5.74, 6) is -0.700. The Bertz CT molecular complexity index is 1320. The first-order chi connectivity index (χ1) is 18.4. The maximum Gasteiger partial charge on any atom is 0.325 e. The summed E-state index contributed by atoms with van der Waals surface area (Å²) in [6.07, 6.45) is 2.83. The molecule has 7 nitrogen and oxygen atoms in total. The number of anilines is 1. The van der Waals surface area contributed by atoms with Crippen molar-refractivity contribution in [1.29, 1.82) is 0 Å². The number of nitrogens with one attached hydrogen (secondary N) is 2. The molecule has 3 aromatic rings. The van der Waals surface area contributed by atoms with E-state index in [2.05, 4.69) is 39.8 Å². The van der Waals surface area contributed by atoms with Gasteiger partial charge in [-0.05, 0) is 61.4 Å². The average molecular weight is 511 g/mol. The summed E-state index contributed by atoms with van der Waals surface area (Å²) < 4.78 is 0. The molecule has 1 spiro atoms. The van der Waals surface area contributed by atoms with Crippen LogP contribution in [0, 0.1) is 6.92 Å². The Morgan fingerprint density at radius 2 is 1.74 bits per heavy atom. The zero-order valence-corrected chi connectivity index (χ0v) is 21.9. The van der Waals surface area contributed by atoms with Gasteiger partial charge in [0.2, 0.25) is 5.91 Å². The fraction of sp³-hybridized carbons (Fsp3) is 0.323. The van der Waals surface area contributed by atoms with Crippen LogP contribution in [0.1, 0.15) is 35.1 Å². The van der Waals surface area contributed by atoms with Crippen molar-refractivity contribution in [1.82, 2.24) is 15.5 Å². The van der Waals surface area contributed by atoms with Gasteiger partial charge in [0.05, 0.1) is 6.04 Å². The summed E-state index contributed by atoms with van der Waals surface area (Å²) >= 11 is 0. The lowest BCUT2D eigenvalue weighted by atomic mass is 9.76. The summed E-state index contributed by atoms with van der Waals surface area (Å²) in [5.41, 5.74) is 4.16. The van der Waals surface area contributed by atoms with E-state index in [1.165, 1.54) is 5.56 Å². The number of carbonyl (C=O) groups is 3. The van der Waals surface area contributed by atoms with Crippen LogP contribution in [0.3, 0.4) is 0 Å². The van der Waals surface area contributed by atoms with Gasteiger partial charge in [-0.15, -0.1) is 0 Å². The molecule has 2 aliphatic rings. The predicted octanol–water partition coefficient (Wildman–Crippen LogP) is 3.94. The van der Waals surface area contributed by atoms with Crippen LogP contribution in [0.15, 0.2) is 78.9 Å². The van der Waals surface area contributed by atoms with Gasteiger partial charge in [0.1, 0.15) is 12.1 Å². The van der Waals surface area contributed by atoms with Crippen LogP contribution in [0.4, 0.5) is 10.5 Å². The first-order valence-electron chi connectivity index (χ1n) is 13.2. The molecule has 7 heteroatoms. The highest BCUT2D eigenvalue weighted by molar-refractivity contribution is 6.09. The second-order valence-electron chi connectivity index (χ2n) is 10.4. The van der Waals surface area contributed by atoms with E-state index in [1.54, 1.807) is 0 Å². The molecule has 5 rings (SSSR count). The SMILES string of the molecule is Cc1ccc(N(C)C[C@H](Cc2ccccc2)NC(=O)CN2C(=O)NC3(CCCc4ccccc43)C2=O)cc1. The number of amides is 4. The Labute approximate surface area is 223 Å². The molecule has 1 aliphatic heterocycles. The quantitative estimate of drug-likeness (QED) is 0.450. The van der Waals surface area contributed by atoms with E-state index in [4.69, 9.17) is 0 Å². The second-order valence-corrected chi connectivity index (χ2v) is 10.4. The molecule has 1 heterocycles. The number of hydrogen-bond acceptors (Lipinski definition) is 4. The highest BCUT2D eigenvalue weighted by Crippen LogP contribution is 2.39. The standard InChI is InChI=1S/C31H34N4O3/c1-22-14-16-26(17-15-22)34(2)20-25(19-23-9-4-3-5-10-23)32-28(36)21-35-29(37)31(33-30(35)38)18-8-12-24-11-6-7-13-27(24)31/h3-7,9-11,13-17,25H,8,12,18-21H2,1-2H3,(H,32,36)(H,33,38)/t25-,31?/m0/s1. The van der Waals surface area contributed by atoms with Crippen LogP contribution in [-0.2, 0) is 28.0 Å². The molecule has 0 aromatic heterocycles. The Balaban J connectivity index is 1.31. The lowest BCUT2D eigenvalue weighted by molar-refractivity contribution is -0.135. The van der Waals surface area contributed by atoms with E-state index < -0.39 is 11.6 Å². The Morgan fingerprint density at radius 3 is 2.50 bits per heavy atom. The number of hydrogen-bond donors (Lipinski definition) is 2. The molecule has 2 N–H and O–H groups in total. The molecular weight excluding hydrogens is 476 g/mol. The van der Waals surface area contributed by atoms with Crippen molar-refractivity contribution < 1.29 is 14.4 Å². The molecule has 1 saturated heterocycles. The number of benzene rings is 3. The summed E-state index contributed by atoms with van der Waals surface area (Å²) in [5, 5.41) is 6.03. The Kier molecular flexibility index (Phi) is 7.18. The zero-order chi connectivity index (χ0) is 26.7. The monoisotopic (exact) mass is 510 g/mol.